The van der Waals surface area contributed by atoms with E-state index in [0.29, 0.717) is 16.5 Å². The molecule has 2 N–H and O–H groups in total. The molecule has 0 radical (unpaired) electrons. The Morgan fingerprint density at radius 2 is 1.83 bits per heavy atom. The van der Waals surface area contributed by atoms with E-state index >= 15 is 0 Å². The molecule has 23 heavy (non-hydrogen) atoms. The predicted octanol–water partition coefficient (Wildman–Crippen LogP) is 2.63. The van der Waals surface area contributed by atoms with E-state index in [9.17, 15) is 14.7 Å². The van der Waals surface area contributed by atoms with Gasteiger partial charge in [0.25, 0.3) is 0 Å². The van der Waals surface area contributed by atoms with Gasteiger partial charge in [0.1, 0.15) is 5.92 Å². The maximum Gasteiger partial charge on any atom is 0.346 e. The highest BCUT2D eigenvalue weighted by Crippen LogP contribution is 2.21. The van der Waals surface area contributed by atoms with Crippen molar-refractivity contribution in [2.24, 2.45) is 0 Å². The van der Waals surface area contributed by atoms with E-state index in [-0.39, 0.29) is 0 Å². The third-order valence-corrected chi connectivity index (χ3v) is 3.68. The van der Waals surface area contributed by atoms with Crippen LogP contribution in [0.5, 0.6) is 0 Å². The van der Waals surface area contributed by atoms with Crippen LogP contribution in [0.1, 0.15) is 21.8 Å². The normalized spacial score (nSPS) is 12.0. The fraction of sp³-hybridized carbons (Fsp3) is 0.111. The van der Waals surface area contributed by atoms with Crippen molar-refractivity contribution in [2.45, 2.75) is 5.92 Å². The van der Waals surface area contributed by atoms with Crippen LogP contribution in [0.2, 0.25) is 0 Å². The van der Waals surface area contributed by atoms with Crippen molar-refractivity contribution in [2.75, 3.05) is 6.61 Å². The second kappa shape index (κ2) is 6.46. The quantitative estimate of drug-likeness (QED) is 0.573. The monoisotopic (exact) mass is 309 g/mol. The fourth-order valence-electron chi connectivity index (χ4n) is 2.48. The summed E-state index contributed by atoms with van der Waals surface area (Å²) in [5.41, 5.74) is 1.70. The van der Waals surface area contributed by atoms with E-state index in [4.69, 9.17) is 4.74 Å². The number of carbonyl (C=O) groups is 2. The first-order valence-electron chi connectivity index (χ1n) is 7.18. The van der Waals surface area contributed by atoms with Gasteiger partial charge in [-0.2, -0.15) is 0 Å². The summed E-state index contributed by atoms with van der Waals surface area (Å²) >= 11 is 0. The van der Waals surface area contributed by atoms with Crippen LogP contribution in [-0.4, -0.2) is 28.6 Å². The van der Waals surface area contributed by atoms with Gasteiger partial charge in [-0.3, -0.25) is 4.79 Å². The smallest absolute Gasteiger partial charge is 0.346 e. The van der Waals surface area contributed by atoms with Gasteiger partial charge in [-0.05, 0) is 23.8 Å². The van der Waals surface area contributed by atoms with Crippen molar-refractivity contribution in [1.29, 1.82) is 0 Å². The Morgan fingerprint density at radius 1 is 1.04 bits per heavy atom. The molecule has 1 heterocycles. The number of aromatic amines is 1. The first-order chi connectivity index (χ1) is 11.2. The van der Waals surface area contributed by atoms with Crippen molar-refractivity contribution >= 4 is 22.8 Å². The maximum atomic E-state index is 12.3. The molecule has 116 valence electrons. The minimum atomic E-state index is -0.884. The number of aromatic nitrogens is 1. The lowest BCUT2D eigenvalue weighted by Crippen LogP contribution is -2.22. The largest absolute Gasteiger partial charge is 0.395 e. The molecule has 2 aromatic carbocycles. The predicted molar refractivity (Wildman–Crippen MR) is 85.0 cm³/mol. The fourth-order valence-corrected chi connectivity index (χ4v) is 2.48. The second-order valence-electron chi connectivity index (χ2n) is 5.10. The number of aliphatic hydroxyl groups excluding tert-OH is 1. The number of carbonyl (C=O) groups excluding carboxylic acids is 2. The molecule has 5 heteroatoms. The van der Waals surface area contributed by atoms with E-state index in [1.807, 2.05) is 6.07 Å². The van der Waals surface area contributed by atoms with Gasteiger partial charge in [0, 0.05) is 17.1 Å². The molecule has 1 atom stereocenters. The van der Waals surface area contributed by atoms with Gasteiger partial charge in [-0.1, -0.05) is 36.4 Å². The molecule has 1 unspecified atom stereocenters. The van der Waals surface area contributed by atoms with Crippen LogP contribution >= 0.6 is 0 Å². The van der Waals surface area contributed by atoms with Crippen LogP contribution in [0.25, 0.3) is 10.9 Å². The SMILES string of the molecule is O=C(OC(=O)C(CO)c1ccccc1)c1cccc2[nH]ccc12. The Balaban J connectivity index is 1.82. The van der Waals surface area contributed by atoms with Gasteiger partial charge < -0.3 is 14.8 Å². The highest BCUT2D eigenvalue weighted by atomic mass is 16.6. The van der Waals surface area contributed by atoms with Crippen molar-refractivity contribution in [1.82, 2.24) is 4.98 Å². The summed E-state index contributed by atoms with van der Waals surface area (Å²) in [6.45, 7) is -0.426. The van der Waals surface area contributed by atoms with Crippen LogP contribution in [0.3, 0.4) is 0 Å². The Hall–Kier alpha value is -2.92. The lowest BCUT2D eigenvalue weighted by molar-refractivity contribution is -0.140. The van der Waals surface area contributed by atoms with Gasteiger partial charge in [-0.15, -0.1) is 0 Å². The molecular formula is C18H15NO4. The number of nitrogens with one attached hydrogen (secondary N) is 1. The average molecular weight is 309 g/mol. The number of hydrogen-bond acceptors (Lipinski definition) is 4. The number of aliphatic hydroxyl groups is 1. The zero-order chi connectivity index (χ0) is 16.2. The van der Waals surface area contributed by atoms with E-state index in [0.717, 1.165) is 5.52 Å². The van der Waals surface area contributed by atoms with E-state index in [1.165, 1.54) is 0 Å². The van der Waals surface area contributed by atoms with Crippen LogP contribution in [0.4, 0.5) is 0 Å². The van der Waals surface area contributed by atoms with Crippen molar-refractivity contribution < 1.29 is 19.4 Å². The third-order valence-electron chi connectivity index (χ3n) is 3.68. The molecule has 0 aliphatic carbocycles. The number of benzene rings is 2. The molecule has 0 aliphatic heterocycles. The molecule has 0 spiro atoms. The van der Waals surface area contributed by atoms with Gasteiger partial charge in [0.15, 0.2) is 0 Å². The van der Waals surface area contributed by atoms with E-state index < -0.39 is 24.5 Å². The lowest BCUT2D eigenvalue weighted by atomic mass is 10.0. The lowest BCUT2D eigenvalue weighted by Gasteiger charge is -2.13. The number of H-pyrrole nitrogens is 1. The molecule has 5 nitrogen and oxygen atoms in total. The van der Waals surface area contributed by atoms with E-state index in [1.54, 1.807) is 54.7 Å². The molecule has 1 aromatic heterocycles. The minimum absolute atomic E-state index is 0.307. The summed E-state index contributed by atoms with van der Waals surface area (Å²) in [6, 6.07) is 15.6. The summed E-state index contributed by atoms with van der Waals surface area (Å²) in [5, 5.41) is 10.1. The Labute approximate surface area is 132 Å². The van der Waals surface area contributed by atoms with Crippen LogP contribution in [-0.2, 0) is 9.53 Å². The second-order valence-corrected chi connectivity index (χ2v) is 5.10. The number of ether oxygens (including phenoxy) is 1. The highest BCUT2D eigenvalue weighted by molar-refractivity contribution is 6.07. The molecular weight excluding hydrogens is 294 g/mol. The summed E-state index contributed by atoms with van der Waals surface area (Å²) in [7, 11) is 0. The van der Waals surface area contributed by atoms with Gasteiger partial charge >= 0.3 is 11.9 Å². The summed E-state index contributed by atoms with van der Waals surface area (Å²) in [5.74, 6) is -2.38. The van der Waals surface area contributed by atoms with Crippen LogP contribution in [0.15, 0.2) is 60.8 Å². The minimum Gasteiger partial charge on any atom is -0.395 e. The standard InChI is InChI=1S/C18H15NO4/c20-11-15(12-5-2-1-3-6-12)18(22)23-17(21)14-7-4-8-16-13(14)9-10-19-16/h1-10,15,19-20H,11H2. The number of hydrogen-bond donors (Lipinski definition) is 2. The Kier molecular flexibility index (Phi) is 4.21. The topological polar surface area (TPSA) is 79.4 Å². The number of esters is 2. The highest BCUT2D eigenvalue weighted by Gasteiger charge is 2.25. The van der Waals surface area contributed by atoms with Crippen molar-refractivity contribution in [3.63, 3.8) is 0 Å². The molecule has 0 saturated heterocycles. The number of fused-ring (bicyclic) bond motifs is 1. The maximum absolute atomic E-state index is 12.3. The van der Waals surface area contributed by atoms with Crippen LogP contribution in [0, 0.1) is 0 Å². The first-order valence-corrected chi connectivity index (χ1v) is 7.18. The Morgan fingerprint density at radius 3 is 2.57 bits per heavy atom. The molecule has 0 fully saturated rings. The zero-order valence-corrected chi connectivity index (χ0v) is 12.2. The van der Waals surface area contributed by atoms with Gasteiger partial charge in [0.05, 0.1) is 12.2 Å². The summed E-state index contributed by atoms with van der Waals surface area (Å²) in [6.07, 6.45) is 1.71. The molecule has 0 aliphatic rings. The van der Waals surface area contributed by atoms with Crippen LogP contribution < -0.4 is 0 Å². The number of rotatable bonds is 4. The zero-order valence-electron chi connectivity index (χ0n) is 12.2. The van der Waals surface area contributed by atoms with Gasteiger partial charge in [0.2, 0.25) is 0 Å². The average Bonchev–Trinajstić information content (AvgIpc) is 3.05. The van der Waals surface area contributed by atoms with Crippen molar-refractivity contribution in [3.05, 3.63) is 71.9 Å². The van der Waals surface area contributed by atoms with E-state index in [2.05, 4.69) is 4.98 Å². The molecule has 0 saturated carbocycles. The summed E-state index contributed by atoms with van der Waals surface area (Å²) in [4.78, 5) is 27.5. The summed E-state index contributed by atoms with van der Waals surface area (Å²) < 4.78 is 4.97. The Bertz CT molecular complexity index is 838. The van der Waals surface area contributed by atoms with Crippen molar-refractivity contribution in [3.8, 4) is 0 Å². The molecule has 3 aromatic rings. The molecule has 3 rings (SSSR count). The molecule has 0 bridgehead atoms. The third kappa shape index (κ3) is 3.00. The van der Waals surface area contributed by atoms with Gasteiger partial charge in [-0.25, -0.2) is 4.79 Å². The molecule has 0 amide bonds. The first kappa shape index (κ1) is 15.0.